The highest BCUT2D eigenvalue weighted by atomic mass is 79.9. The molecule has 1 aromatic heterocycles. The number of amides is 1. The number of aromatic nitrogens is 1. The smallest absolute Gasteiger partial charge is 0.311 e. The van der Waals surface area contributed by atoms with Gasteiger partial charge >= 0.3 is 5.97 Å². The Morgan fingerprint density at radius 3 is 2.72 bits per heavy atom. The van der Waals surface area contributed by atoms with E-state index >= 15 is 0 Å². The van der Waals surface area contributed by atoms with Gasteiger partial charge in [0, 0.05) is 12.7 Å². The average Bonchev–Trinajstić information content (AvgIpc) is 2.35. The Morgan fingerprint density at radius 1 is 1.56 bits per heavy atom. The fourth-order valence-corrected chi connectivity index (χ4v) is 1.71. The number of hydrogen-bond donors (Lipinski definition) is 2. The van der Waals surface area contributed by atoms with Crippen molar-refractivity contribution in [2.75, 3.05) is 6.54 Å². The summed E-state index contributed by atoms with van der Waals surface area (Å²) in [5.41, 5.74) is -0.564. The minimum Gasteiger partial charge on any atom is -0.481 e. The lowest BCUT2D eigenvalue weighted by Gasteiger charge is -2.23. The van der Waals surface area contributed by atoms with Crippen LogP contribution in [0.15, 0.2) is 22.9 Å². The van der Waals surface area contributed by atoms with E-state index in [1.165, 1.54) is 0 Å². The number of rotatable bonds is 5. The van der Waals surface area contributed by atoms with Crippen molar-refractivity contribution in [3.05, 3.63) is 28.5 Å². The number of nitrogens with zero attached hydrogens (tertiary/aromatic N) is 1. The zero-order valence-corrected chi connectivity index (χ0v) is 11.8. The second kappa shape index (κ2) is 5.95. The zero-order valence-electron chi connectivity index (χ0n) is 10.2. The van der Waals surface area contributed by atoms with Crippen LogP contribution in [0, 0.1) is 5.41 Å². The quantitative estimate of drug-likeness (QED) is 0.815. The Balaban J connectivity index is 2.73. The highest BCUT2D eigenvalue weighted by Gasteiger charge is 2.31. The van der Waals surface area contributed by atoms with Crippen molar-refractivity contribution < 1.29 is 14.7 Å². The Hall–Kier alpha value is -1.43. The molecule has 1 aromatic rings. The molecule has 1 amide bonds. The van der Waals surface area contributed by atoms with E-state index in [0.717, 1.165) is 0 Å². The standard InChI is InChI=1S/C12H15BrN2O3/c1-3-12(2,11(17)18)7-15-10(16)8-5-4-6-14-9(8)13/h4-6H,3,7H2,1-2H3,(H,15,16)(H,17,18). The molecule has 0 saturated heterocycles. The zero-order chi connectivity index (χ0) is 13.8. The van der Waals surface area contributed by atoms with Gasteiger partial charge in [0.2, 0.25) is 0 Å². The molecular formula is C12H15BrN2O3. The summed E-state index contributed by atoms with van der Waals surface area (Å²) in [4.78, 5) is 26.9. The van der Waals surface area contributed by atoms with Crippen LogP contribution in [-0.4, -0.2) is 28.5 Å². The topological polar surface area (TPSA) is 79.3 Å². The number of carbonyl (C=O) groups excluding carboxylic acids is 1. The number of nitrogens with one attached hydrogen (secondary N) is 1. The largest absolute Gasteiger partial charge is 0.481 e. The van der Waals surface area contributed by atoms with Crippen LogP contribution in [0.25, 0.3) is 0 Å². The summed E-state index contributed by atoms with van der Waals surface area (Å²) < 4.78 is 0.441. The van der Waals surface area contributed by atoms with Crippen molar-refractivity contribution in [3.63, 3.8) is 0 Å². The molecule has 0 bridgehead atoms. The van der Waals surface area contributed by atoms with Gasteiger partial charge in [-0.05, 0) is 41.4 Å². The predicted octanol–water partition coefficient (Wildman–Crippen LogP) is 2.07. The number of carboxylic acids is 1. The van der Waals surface area contributed by atoms with E-state index < -0.39 is 11.4 Å². The number of carboxylic acid groups (broad SMARTS) is 1. The lowest BCUT2D eigenvalue weighted by Crippen LogP contribution is -2.40. The Morgan fingerprint density at radius 2 is 2.22 bits per heavy atom. The normalized spacial score (nSPS) is 13.7. The SMILES string of the molecule is CCC(C)(CNC(=O)c1cccnc1Br)C(=O)O. The lowest BCUT2D eigenvalue weighted by atomic mass is 9.87. The molecule has 2 N–H and O–H groups in total. The van der Waals surface area contributed by atoms with Crippen LogP contribution >= 0.6 is 15.9 Å². The van der Waals surface area contributed by atoms with Crippen molar-refractivity contribution in [2.24, 2.45) is 5.41 Å². The average molecular weight is 315 g/mol. The molecule has 6 heteroatoms. The number of halogens is 1. The summed E-state index contributed by atoms with van der Waals surface area (Å²) in [7, 11) is 0. The minimum atomic E-state index is -0.954. The fourth-order valence-electron chi connectivity index (χ4n) is 1.28. The van der Waals surface area contributed by atoms with Gasteiger partial charge in [-0.15, -0.1) is 0 Å². The first-order valence-electron chi connectivity index (χ1n) is 5.53. The maximum Gasteiger partial charge on any atom is 0.311 e. The van der Waals surface area contributed by atoms with Crippen molar-refractivity contribution in [1.82, 2.24) is 10.3 Å². The molecule has 1 atom stereocenters. The van der Waals surface area contributed by atoms with Gasteiger partial charge in [0.15, 0.2) is 0 Å². The highest BCUT2D eigenvalue weighted by Crippen LogP contribution is 2.20. The van der Waals surface area contributed by atoms with Crippen LogP contribution in [0.5, 0.6) is 0 Å². The summed E-state index contributed by atoms with van der Waals surface area (Å²) >= 11 is 3.18. The Kier molecular flexibility index (Phi) is 4.84. The van der Waals surface area contributed by atoms with E-state index in [4.69, 9.17) is 5.11 Å². The molecule has 1 rings (SSSR count). The van der Waals surface area contributed by atoms with Crippen molar-refractivity contribution in [2.45, 2.75) is 20.3 Å². The first kappa shape index (κ1) is 14.6. The monoisotopic (exact) mass is 314 g/mol. The fraction of sp³-hybridized carbons (Fsp3) is 0.417. The van der Waals surface area contributed by atoms with E-state index in [1.54, 1.807) is 32.2 Å². The Labute approximate surface area is 114 Å². The van der Waals surface area contributed by atoms with Crippen LogP contribution in [0.1, 0.15) is 30.6 Å². The molecule has 0 spiro atoms. The van der Waals surface area contributed by atoms with Crippen molar-refractivity contribution in [1.29, 1.82) is 0 Å². The summed E-state index contributed by atoms with van der Waals surface area (Å²) in [6, 6.07) is 3.27. The third kappa shape index (κ3) is 3.29. The van der Waals surface area contributed by atoms with Crippen LogP contribution in [0.3, 0.4) is 0 Å². The number of hydrogen-bond acceptors (Lipinski definition) is 3. The van der Waals surface area contributed by atoms with E-state index in [1.807, 2.05) is 0 Å². The van der Waals surface area contributed by atoms with Crippen LogP contribution in [-0.2, 0) is 4.79 Å². The summed E-state index contributed by atoms with van der Waals surface area (Å²) in [6.07, 6.45) is 2.01. The van der Waals surface area contributed by atoms with Crippen LogP contribution < -0.4 is 5.32 Å². The molecule has 1 unspecified atom stereocenters. The van der Waals surface area contributed by atoms with E-state index in [-0.39, 0.29) is 12.5 Å². The molecule has 1 heterocycles. The third-order valence-corrected chi connectivity index (χ3v) is 3.57. The van der Waals surface area contributed by atoms with Gasteiger partial charge in [-0.1, -0.05) is 6.92 Å². The van der Waals surface area contributed by atoms with E-state index in [9.17, 15) is 9.59 Å². The molecule has 0 aliphatic heterocycles. The Bertz CT molecular complexity index is 464. The summed E-state index contributed by atoms with van der Waals surface area (Å²) in [6.45, 7) is 3.47. The minimum absolute atomic E-state index is 0.0823. The van der Waals surface area contributed by atoms with E-state index in [2.05, 4.69) is 26.2 Å². The summed E-state index contributed by atoms with van der Waals surface area (Å²) in [5, 5.41) is 11.7. The highest BCUT2D eigenvalue weighted by molar-refractivity contribution is 9.10. The molecule has 18 heavy (non-hydrogen) atoms. The van der Waals surface area contributed by atoms with Gasteiger partial charge in [0.1, 0.15) is 4.60 Å². The molecule has 0 aliphatic carbocycles. The number of carbonyl (C=O) groups is 2. The van der Waals surface area contributed by atoms with Gasteiger partial charge in [0.05, 0.1) is 11.0 Å². The second-order valence-corrected chi connectivity index (χ2v) is 4.99. The molecule has 5 nitrogen and oxygen atoms in total. The van der Waals surface area contributed by atoms with Crippen LogP contribution in [0.2, 0.25) is 0 Å². The molecule has 0 aliphatic rings. The maximum absolute atomic E-state index is 11.9. The van der Waals surface area contributed by atoms with Crippen LogP contribution in [0.4, 0.5) is 0 Å². The lowest BCUT2D eigenvalue weighted by molar-refractivity contribution is -0.147. The molecule has 0 saturated carbocycles. The number of pyridine rings is 1. The van der Waals surface area contributed by atoms with Crippen molar-refractivity contribution >= 4 is 27.8 Å². The van der Waals surface area contributed by atoms with Gasteiger partial charge in [-0.25, -0.2) is 4.98 Å². The first-order chi connectivity index (χ1) is 8.40. The molecule has 0 fully saturated rings. The predicted molar refractivity (Wildman–Crippen MR) is 70.3 cm³/mol. The van der Waals surface area contributed by atoms with Gasteiger partial charge in [0.25, 0.3) is 5.91 Å². The molecule has 0 aromatic carbocycles. The van der Waals surface area contributed by atoms with Gasteiger partial charge in [-0.3, -0.25) is 9.59 Å². The maximum atomic E-state index is 11.9. The second-order valence-electron chi connectivity index (χ2n) is 4.24. The molecule has 98 valence electrons. The van der Waals surface area contributed by atoms with E-state index in [0.29, 0.717) is 16.6 Å². The first-order valence-corrected chi connectivity index (χ1v) is 6.32. The van der Waals surface area contributed by atoms with Gasteiger partial charge < -0.3 is 10.4 Å². The van der Waals surface area contributed by atoms with Crippen molar-refractivity contribution in [3.8, 4) is 0 Å². The molecule has 0 radical (unpaired) electrons. The van der Waals surface area contributed by atoms with Gasteiger partial charge in [-0.2, -0.15) is 0 Å². The summed E-state index contributed by atoms with van der Waals surface area (Å²) in [5.74, 6) is -1.26. The molecular weight excluding hydrogens is 300 g/mol. The number of aliphatic carboxylic acids is 1. The third-order valence-electron chi connectivity index (χ3n) is 2.94.